The van der Waals surface area contributed by atoms with Crippen LogP contribution < -0.4 is 10.3 Å². The summed E-state index contributed by atoms with van der Waals surface area (Å²) in [6, 6.07) is 4.25. The van der Waals surface area contributed by atoms with Crippen molar-refractivity contribution in [3.8, 4) is 11.6 Å². The van der Waals surface area contributed by atoms with Crippen molar-refractivity contribution in [2.24, 2.45) is 0 Å². The molecule has 23 heavy (non-hydrogen) atoms. The Bertz CT molecular complexity index is 831. The van der Waals surface area contributed by atoms with E-state index in [0.717, 1.165) is 23.6 Å². The summed E-state index contributed by atoms with van der Waals surface area (Å²) in [5.74, 6) is -1.28. The van der Waals surface area contributed by atoms with Gasteiger partial charge in [0.1, 0.15) is 4.60 Å². The van der Waals surface area contributed by atoms with Gasteiger partial charge in [-0.05, 0) is 41.1 Å². The van der Waals surface area contributed by atoms with Crippen molar-refractivity contribution in [1.29, 1.82) is 0 Å². The summed E-state index contributed by atoms with van der Waals surface area (Å²) < 4.78 is 44.4. The SMILES string of the molecule is CC(=O)Oc1nc(Br)c(C)n(-c2cccc(C(F)(F)F)c2)c1=O. The number of benzene rings is 1. The zero-order chi connectivity index (χ0) is 17.4. The zero-order valence-electron chi connectivity index (χ0n) is 11.9. The molecule has 0 unspecified atom stereocenters. The van der Waals surface area contributed by atoms with Gasteiger partial charge < -0.3 is 4.74 Å². The molecule has 5 nitrogen and oxygen atoms in total. The van der Waals surface area contributed by atoms with Gasteiger partial charge >= 0.3 is 17.7 Å². The first-order chi connectivity index (χ1) is 10.6. The molecule has 0 aliphatic carbocycles. The molecule has 2 rings (SSSR count). The molecule has 9 heteroatoms. The summed E-state index contributed by atoms with van der Waals surface area (Å²) in [7, 11) is 0. The number of alkyl halides is 3. The van der Waals surface area contributed by atoms with Gasteiger partial charge in [-0.15, -0.1) is 0 Å². The second-order valence-corrected chi connectivity index (χ2v) is 5.33. The number of rotatable bonds is 2. The first-order valence-electron chi connectivity index (χ1n) is 6.26. The van der Waals surface area contributed by atoms with Crippen LogP contribution in [0.4, 0.5) is 13.2 Å². The van der Waals surface area contributed by atoms with E-state index in [2.05, 4.69) is 20.9 Å². The summed E-state index contributed by atoms with van der Waals surface area (Å²) >= 11 is 3.09. The molecule has 0 aliphatic rings. The van der Waals surface area contributed by atoms with E-state index in [0.29, 0.717) is 0 Å². The predicted molar refractivity (Wildman–Crippen MR) is 78.6 cm³/mol. The third-order valence-corrected chi connectivity index (χ3v) is 3.64. The van der Waals surface area contributed by atoms with Crippen LogP contribution >= 0.6 is 15.9 Å². The average molecular weight is 391 g/mol. The molecule has 0 radical (unpaired) electrons. The number of carbonyl (C=O) groups excluding carboxylic acids is 1. The van der Waals surface area contributed by atoms with Crippen LogP contribution in [0.25, 0.3) is 5.69 Å². The summed E-state index contributed by atoms with van der Waals surface area (Å²) in [4.78, 5) is 27.2. The van der Waals surface area contributed by atoms with Crippen molar-refractivity contribution in [3.05, 3.63) is 50.5 Å². The number of nitrogens with zero attached hydrogens (tertiary/aromatic N) is 2. The average Bonchev–Trinajstić information content (AvgIpc) is 2.44. The number of ether oxygens (including phenoxy) is 1. The van der Waals surface area contributed by atoms with Gasteiger partial charge in [-0.25, -0.2) is 0 Å². The van der Waals surface area contributed by atoms with Crippen LogP contribution in [0.1, 0.15) is 18.2 Å². The van der Waals surface area contributed by atoms with Crippen LogP contribution in [-0.2, 0) is 11.0 Å². The van der Waals surface area contributed by atoms with E-state index >= 15 is 0 Å². The molecule has 1 heterocycles. The number of esters is 1. The second-order valence-electron chi connectivity index (χ2n) is 4.58. The van der Waals surface area contributed by atoms with Crippen molar-refractivity contribution in [3.63, 3.8) is 0 Å². The van der Waals surface area contributed by atoms with E-state index in [1.165, 1.54) is 19.1 Å². The maximum atomic E-state index is 12.8. The fourth-order valence-electron chi connectivity index (χ4n) is 1.89. The summed E-state index contributed by atoms with van der Waals surface area (Å²) in [6.45, 7) is 2.58. The number of aromatic nitrogens is 2. The lowest BCUT2D eigenvalue weighted by Gasteiger charge is -2.14. The lowest BCUT2D eigenvalue weighted by atomic mass is 10.2. The van der Waals surface area contributed by atoms with Crippen LogP contribution in [0.2, 0.25) is 0 Å². The Morgan fingerprint density at radius 2 is 2.00 bits per heavy atom. The topological polar surface area (TPSA) is 61.2 Å². The normalized spacial score (nSPS) is 11.4. The molecular weight excluding hydrogens is 381 g/mol. The number of hydrogen-bond acceptors (Lipinski definition) is 4. The smallest absolute Gasteiger partial charge is 0.402 e. The molecule has 1 aromatic carbocycles. The van der Waals surface area contributed by atoms with Gasteiger partial charge in [-0.1, -0.05) is 6.07 Å². The Morgan fingerprint density at radius 1 is 1.35 bits per heavy atom. The molecule has 122 valence electrons. The van der Waals surface area contributed by atoms with Crippen molar-refractivity contribution >= 4 is 21.9 Å². The molecule has 0 atom stereocenters. The molecule has 1 aromatic heterocycles. The molecule has 0 aliphatic heterocycles. The van der Waals surface area contributed by atoms with Crippen LogP contribution in [0, 0.1) is 6.92 Å². The summed E-state index contributed by atoms with van der Waals surface area (Å²) in [5, 5.41) is 0. The zero-order valence-corrected chi connectivity index (χ0v) is 13.5. The van der Waals surface area contributed by atoms with E-state index in [-0.39, 0.29) is 16.0 Å². The molecule has 0 N–H and O–H groups in total. The third-order valence-electron chi connectivity index (χ3n) is 2.89. The maximum absolute atomic E-state index is 12.8. The maximum Gasteiger partial charge on any atom is 0.416 e. The first kappa shape index (κ1) is 17.2. The Morgan fingerprint density at radius 3 is 2.57 bits per heavy atom. The van der Waals surface area contributed by atoms with Gasteiger partial charge in [0.25, 0.3) is 5.88 Å². The first-order valence-corrected chi connectivity index (χ1v) is 7.05. The standard InChI is InChI=1S/C14H10BrF3N2O3/c1-7-11(15)19-12(23-8(2)21)13(22)20(7)10-5-3-4-9(6-10)14(16,17)18/h3-6H,1-2H3. The highest BCUT2D eigenvalue weighted by Crippen LogP contribution is 2.30. The summed E-state index contributed by atoms with van der Waals surface area (Å²) in [5.41, 5.74) is -1.48. The van der Waals surface area contributed by atoms with E-state index in [4.69, 9.17) is 4.74 Å². The highest BCUT2D eigenvalue weighted by molar-refractivity contribution is 9.10. The largest absolute Gasteiger partial charge is 0.416 e. The van der Waals surface area contributed by atoms with Gasteiger partial charge in [0.05, 0.1) is 11.3 Å². The lowest BCUT2D eigenvalue weighted by Crippen LogP contribution is -2.26. The molecule has 0 amide bonds. The molecule has 0 bridgehead atoms. The molecule has 2 aromatic rings. The van der Waals surface area contributed by atoms with Crippen LogP contribution in [0.5, 0.6) is 5.88 Å². The summed E-state index contributed by atoms with van der Waals surface area (Å²) in [6.07, 6.45) is -4.55. The second kappa shape index (κ2) is 6.15. The number of carbonyl (C=O) groups is 1. The Hall–Kier alpha value is -2.16. The van der Waals surface area contributed by atoms with E-state index in [9.17, 15) is 22.8 Å². The molecule has 0 saturated heterocycles. The van der Waals surface area contributed by atoms with Crippen LogP contribution in [0.15, 0.2) is 33.7 Å². The minimum atomic E-state index is -4.55. The monoisotopic (exact) mass is 390 g/mol. The van der Waals surface area contributed by atoms with E-state index in [1.807, 2.05) is 0 Å². The van der Waals surface area contributed by atoms with E-state index < -0.39 is 29.1 Å². The number of hydrogen-bond donors (Lipinski definition) is 0. The highest BCUT2D eigenvalue weighted by Gasteiger charge is 2.31. The minimum absolute atomic E-state index is 0.0150. The quantitative estimate of drug-likeness (QED) is 0.738. The number of halogens is 4. The third kappa shape index (κ3) is 3.61. The molecular formula is C14H10BrF3N2O3. The van der Waals surface area contributed by atoms with Gasteiger partial charge in [-0.3, -0.25) is 14.2 Å². The molecule has 0 fully saturated rings. The van der Waals surface area contributed by atoms with Crippen LogP contribution in [0.3, 0.4) is 0 Å². The minimum Gasteiger partial charge on any atom is -0.402 e. The van der Waals surface area contributed by atoms with Crippen molar-refractivity contribution < 1.29 is 22.7 Å². The fourth-order valence-corrected chi connectivity index (χ4v) is 2.23. The van der Waals surface area contributed by atoms with Crippen LogP contribution in [-0.4, -0.2) is 15.5 Å². The Labute approximate surface area is 136 Å². The Balaban J connectivity index is 2.71. The van der Waals surface area contributed by atoms with Crippen molar-refractivity contribution in [1.82, 2.24) is 9.55 Å². The Kier molecular flexibility index (Phi) is 4.60. The van der Waals surface area contributed by atoms with Crippen molar-refractivity contribution in [2.75, 3.05) is 0 Å². The lowest BCUT2D eigenvalue weighted by molar-refractivity contribution is -0.137. The van der Waals surface area contributed by atoms with E-state index in [1.54, 1.807) is 0 Å². The highest BCUT2D eigenvalue weighted by atomic mass is 79.9. The van der Waals surface area contributed by atoms with Gasteiger partial charge in [0.15, 0.2) is 0 Å². The fraction of sp³-hybridized carbons (Fsp3) is 0.214. The van der Waals surface area contributed by atoms with Gasteiger partial charge in [0, 0.05) is 12.6 Å². The van der Waals surface area contributed by atoms with Gasteiger partial charge in [0.2, 0.25) is 0 Å². The van der Waals surface area contributed by atoms with Gasteiger partial charge in [-0.2, -0.15) is 18.2 Å². The predicted octanol–water partition coefficient (Wildman–Crippen LogP) is 3.25. The molecule has 0 saturated carbocycles. The van der Waals surface area contributed by atoms with Crippen molar-refractivity contribution in [2.45, 2.75) is 20.0 Å². The molecule has 0 spiro atoms.